The smallest absolute Gasteiger partial charge is 0.343 e. The lowest BCUT2D eigenvalue weighted by Crippen LogP contribution is -2.31. The average Bonchev–Trinajstić information content (AvgIpc) is 3.30. The number of carbonyl (C=O) groups is 1. The molecule has 0 spiro atoms. The average molecular weight is 427 g/mol. The van der Waals surface area contributed by atoms with E-state index in [0.717, 1.165) is 18.9 Å². The molecule has 0 radical (unpaired) electrons. The van der Waals surface area contributed by atoms with Gasteiger partial charge in [0.25, 0.3) is 0 Å². The van der Waals surface area contributed by atoms with Gasteiger partial charge in [-0.3, -0.25) is 4.79 Å². The van der Waals surface area contributed by atoms with Crippen LogP contribution in [0.4, 0.5) is 10.2 Å². The fourth-order valence-corrected chi connectivity index (χ4v) is 4.10. The van der Waals surface area contributed by atoms with Gasteiger partial charge in [-0.2, -0.15) is 0 Å². The largest absolute Gasteiger partial charge is 0.462 e. The highest BCUT2D eigenvalue weighted by Crippen LogP contribution is 2.37. The van der Waals surface area contributed by atoms with Crippen molar-refractivity contribution in [3.63, 3.8) is 0 Å². The number of hydrogen-bond donors (Lipinski definition) is 1. The van der Waals surface area contributed by atoms with Gasteiger partial charge < -0.3 is 19.9 Å². The van der Waals surface area contributed by atoms with Gasteiger partial charge >= 0.3 is 5.97 Å². The van der Waals surface area contributed by atoms with Crippen molar-refractivity contribution in [2.75, 3.05) is 24.6 Å². The molecule has 2 N–H and O–H groups in total. The molecule has 3 aromatic rings. The second-order valence-electron chi connectivity index (χ2n) is 7.92. The Morgan fingerprint density at radius 1 is 1.35 bits per heavy atom. The van der Waals surface area contributed by atoms with Gasteiger partial charge in [0.1, 0.15) is 11.2 Å². The van der Waals surface area contributed by atoms with E-state index in [2.05, 4.69) is 15.3 Å². The van der Waals surface area contributed by atoms with E-state index in [1.807, 2.05) is 0 Å². The minimum Gasteiger partial charge on any atom is -0.462 e. The Hall–Kier alpha value is -3.34. The number of halogens is 1. The van der Waals surface area contributed by atoms with Crippen LogP contribution in [0.25, 0.3) is 11.0 Å². The molecule has 1 saturated carbocycles. The summed E-state index contributed by atoms with van der Waals surface area (Å²) in [5.41, 5.74) is 5.94. The van der Waals surface area contributed by atoms with Crippen molar-refractivity contribution >= 4 is 22.8 Å². The Bertz CT molecular complexity index is 1210. The Morgan fingerprint density at radius 3 is 2.84 bits per heavy atom. The van der Waals surface area contributed by atoms with Crippen molar-refractivity contribution in [1.29, 1.82) is 0 Å². The zero-order valence-corrected chi connectivity index (χ0v) is 16.9. The summed E-state index contributed by atoms with van der Waals surface area (Å²) >= 11 is 0. The first-order chi connectivity index (χ1) is 15.0. The minimum absolute atomic E-state index is 0.0648. The number of nitrogens with two attached hydrogens (primary N) is 1. The second-order valence-corrected chi connectivity index (χ2v) is 7.92. The molecule has 5 rings (SSSR count). The summed E-state index contributed by atoms with van der Waals surface area (Å²) in [4.78, 5) is 31.5. The quantitative estimate of drug-likeness (QED) is 0.599. The number of fused-ring (bicyclic) bond motifs is 1. The van der Waals surface area contributed by atoms with Crippen LogP contribution in [-0.2, 0) is 4.74 Å². The molecule has 0 amide bonds. The normalized spacial score (nSPS) is 21.1. The Morgan fingerprint density at radius 2 is 2.16 bits per heavy atom. The van der Waals surface area contributed by atoms with Crippen molar-refractivity contribution in [3.8, 4) is 0 Å². The molecule has 162 valence electrons. The number of aromatic nitrogens is 5. The highest BCUT2D eigenvalue weighted by molar-refractivity contribution is 5.93. The van der Waals surface area contributed by atoms with E-state index in [1.165, 1.54) is 6.20 Å². The molecule has 31 heavy (non-hydrogen) atoms. The number of anilines is 1. The summed E-state index contributed by atoms with van der Waals surface area (Å²) in [5.74, 6) is -1.22. The third-order valence-electron chi connectivity index (χ3n) is 5.79. The highest BCUT2D eigenvalue weighted by Gasteiger charge is 2.35. The third-order valence-corrected chi connectivity index (χ3v) is 5.79. The van der Waals surface area contributed by atoms with Crippen LogP contribution in [0.15, 0.2) is 29.5 Å². The first-order valence-corrected chi connectivity index (χ1v) is 10.3. The van der Waals surface area contributed by atoms with Crippen LogP contribution in [-0.4, -0.2) is 56.3 Å². The van der Waals surface area contributed by atoms with Crippen LogP contribution in [0, 0.1) is 5.82 Å². The van der Waals surface area contributed by atoms with E-state index in [4.69, 9.17) is 10.5 Å². The Labute approximate surface area is 176 Å². The number of esters is 1. The van der Waals surface area contributed by atoms with Crippen LogP contribution in [0.5, 0.6) is 0 Å². The molecule has 4 heterocycles. The molecule has 2 fully saturated rings. The zero-order chi connectivity index (χ0) is 21.7. The summed E-state index contributed by atoms with van der Waals surface area (Å²) in [6, 6.07) is 0.827. The van der Waals surface area contributed by atoms with Crippen molar-refractivity contribution in [1.82, 2.24) is 24.5 Å². The highest BCUT2D eigenvalue weighted by atomic mass is 19.1. The van der Waals surface area contributed by atoms with Crippen molar-refractivity contribution in [2.24, 2.45) is 5.73 Å². The SMILES string of the molecule is CCOC(=O)c1cn(C2CC2)c2nc(N3CC(N)C(n4ccnn4)C3)c(F)cc2c1=O. The van der Waals surface area contributed by atoms with E-state index >= 15 is 4.39 Å². The van der Waals surface area contributed by atoms with Gasteiger partial charge in [0.05, 0.1) is 24.2 Å². The molecule has 2 unspecified atom stereocenters. The molecule has 3 aromatic heterocycles. The van der Waals surface area contributed by atoms with Crippen molar-refractivity contribution in [2.45, 2.75) is 37.9 Å². The van der Waals surface area contributed by atoms with E-state index in [1.54, 1.807) is 33.5 Å². The number of rotatable bonds is 5. The minimum atomic E-state index is -0.713. The Kier molecular flexibility index (Phi) is 4.69. The van der Waals surface area contributed by atoms with Crippen LogP contribution >= 0.6 is 0 Å². The number of hydrogen-bond acceptors (Lipinski definition) is 8. The first kappa shape index (κ1) is 19.6. The van der Waals surface area contributed by atoms with E-state index < -0.39 is 17.2 Å². The van der Waals surface area contributed by atoms with Gasteiger partial charge in [-0.15, -0.1) is 5.10 Å². The maximum Gasteiger partial charge on any atom is 0.343 e. The molecule has 10 nitrogen and oxygen atoms in total. The molecular formula is C20H22FN7O3. The van der Waals surface area contributed by atoms with Crippen molar-refractivity contribution < 1.29 is 13.9 Å². The van der Waals surface area contributed by atoms with Crippen molar-refractivity contribution in [3.05, 3.63) is 46.3 Å². The maximum atomic E-state index is 15.1. The molecule has 0 bridgehead atoms. The predicted octanol–water partition coefficient (Wildman–Crippen LogP) is 1.03. The number of carbonyl (C=O) groups excluding carboxylic acids is 1. The summed E-state index contributed by atoms with van der Waals surface area (Å²) < 4.78 is 23.6. The van der Waals surface area contributed by atoms with E-state index in [9.17, 15) is 9.59 Å². The number of pyridine rings is 2. The maximum absolute atomic E-state index is 15.1. The van der Waals surface area contributed by atoms with Gasteiger partial charge in [0.2, 0.25) is 5.43 Å². The topological polar surface area (TPSA) is 121 Å². The van der Waals surface area contributed by atoms with Gasteiger partial charge in [0, 0.05) is 37.6 Å². The summed E-state index contributed by atoms with van der Waals surface area (Å²) in [7, 11) is 0. The lowest BCUT2D eigenvalue weighted by molar-refractivity contribution is 0.0524. The number of ether oxygens (including phenoxy) is 1. The van der Waals surface area contributed by atoms with E-state index in [-0.39, 0.29) is 41.5 Å². The zero-order valence-electron chi connectivity index (χ0n) is 16.9. The van der Waals surface area contributed by atoms with Gasteiger partial charge in [-0.05, 0) is 25.8 Å². The van der Waals surface area contributed by atoms with Gasteiger partial charge in [-0.25, -0.2) is 18.9 Å². The standard InChI is InChI=1S/C20H22FN7O3/c1-2-31-20(30)13-8-27(11-3-4-11)18-12(17(13)29)7-14(21)19(24-18)26-9-15(22)16(10-26)28-6-5-23-25-28/h5-8,11,15-16H,2-4,9-10,22H2,1H3. The number of nitrogens with zero attached hydrogens (tertiary/aromatic N) is 6. The molecule has 0 aromatic carbocycles. The lowest BCUT2D eigenvalue weighted by atomic mass is 10.2. The van der Waals surface area contributed by atoms with Crippen LogP contribution in [0.1, 0.15) is 42.2 Å². The molecule has 11 heteroatoms. The van der Waals surface area contributed by atoms with Crippen LogP contribution in [0.2, 0.25) is 0 Å². The molecular weight excluding hydrogens is 405 g/mol. The van der Waals surface area contributed by atoms with Gasteiger partial charge in [-0.1, -0.05) is 5.21 Å². The van der Waals surface area contributed by atoms with Crippen LogP contribution < -0.4 is 16.1 Å². The summed E-state index contributed by atoms with van der Waals surface area (Å²) in [5, 5.41) is 7.88. The van der Waals surface area contributed by atoms with Gasteiger partial charge in [0.15, 0.2) is 11.6 Å². The molecule has 2 aliphatic rings. The monoisotopic (exact) mass is 427 g/mol. The summed E-state index contributed by atoms with van der Waals surface area (Å²) in [6.45, 7) is 2.61. The van der Waals surface area contributed by atoms with Crippen LogP contribution in [0.3, 0.4) is 0 Å². The Balaban J connectivity index is 1.59. The fourth-order valence-electron chi connectivity index (χ4n) is 4.10. The fraction of sp³-hybridized carbons (Fsp3) is 0.450. The lowest BCUT2D eigenvalue weighted by Gasteiger charge is -2.20. The molecule has 1 aliphatic heterocycles. The molecule has 1 aliphatic carbocycles. The first-order valence-electron chi connectivity index (χ1n) is 10.3. The third kappa shape index (κ3) is 3.34. The molecule has 1 saturated heterocycles. The predicted molar refractivity (Wildman–Crippen MR) is 109 cm³/mol. The second kappa shape index (κ2) is 7.41. The summed E-state index contributed by atoms with van der Waals surface area (Å²) in [6.07, 6.45) is 6.58. The van der Waals surface area contributed by atoms with E-state index in [0.29, 0.717) is 18.7 Å². The molecule has 2 atom stereocenters.